The van der Waals surface area contributed by atoms with Crippen molar-refractivity contribution in [2.75, 3.05) is 26.2 Å². The zero-order valence-corrected chi connectivity index (χ0v) is 24.6. The summed E-state index contributed by atoms with van der Waals surface area (Å²) in [5.41, 5.74) is -0.103. The molecule has 10 heteroatoms. The van der Waals surface area contributed by atoms with Gasteiger partial charge >= 0.3 is 18.4 Å². The van der Waals surface area contributed by atoms with Crippen LogP contribution in [0.25, 0.3) is 5.57 Å². The van der Waals surface area contributed by atoms with Crippen LogP contribution in [0.3, 0.4) is 0 Å². The molecule has 1 amide bonds. The molecule has 0 radical (unpaired) electrons. The van der Waals surface area contributed by atoms with Gasteiger partial charge in [-0.15, -0.1) is 0 Å². The average molecular weight is 625 g/mol. The van der Waals surface area contributed by atoms with Crippen molar-refractivity contribution in [2.24, 2.45) is 23.7 Å². The smallest absolute Gasteiger partial charge is 0.416 e. The van der Waals surface area contributed by atoms with Crippen LogP contribution < -0.4 is 5.32 Å². The molecule has 2 heterocycles. The predicted molar refractivity (Wildman–Crippen MR) is 159 cm³/mol. The van der Waals surface area contributed by atoms with Crippen molar-refractivity contribution in [3.8, 4) is 0 Å². The van der Waals surface area contributed by atoms with E-state index in [1.807, 2.05) is 26.8 Å². The van der Waals surface area contributed by atoms with Gasteiger partial charge < -0.3 is 15.0 Å². The summed E-state index contributed by atoms with van der Waals surface area (Å²) in [5.74, 6) is 1.46. The minimum absolute atomic E-state index is 0. The normalized spacial score (nSPS) is 26.2. The topological polar surface area (TPSA) is 41.6 Å². The van der Waals surface area contributed by atoms with E-state index < -0.39 is 29.1 Å². The third-order valence-electron chi connectivity index (χ3n) is 8.98. The number of hydrogen-bond acceptors (Lipinski definition) is 3. The summed E-state index contributed by atoms with van der Waals surface area (Å²) in [6.07, 6.45) is -4.70. The molecule has 6 rings (SSSR count). The third-order valence-corrected chi connectivity index (χ3v) is 8.98. The summed E-state index contributed by atoms with van der Waals surface area (Å²) in [6, 6.07) is 11.8. The number of alkyl halides is 6. The minimum atomic E-state index is -4.36. The van der Waals surface area contributed by atoms with E-state index in [2.05, 4.69) is 5.32 Å². The van der Waals surface area contributed by atoms with Crippen molar-refractivity contribution in [2.45, 2.75) is 71.3 Å². The van der Waals surface area contributed by atoms with Crippen LogP contribution in [0, 0.1) is 23.7 Å². The van der Waals surface area contributed by atoms with Crippen molar-refractivity contribution in [3.05, 3.63) is 76.9 Å². The maximum Gasteiger partial charge on any atom is 0.416 e. The van der Waals surface area contributed by atoms with Gasteiger partial charge in [-0.2, -0.15) is 26.3 Å². The van der Waals surface area contributed by atoms with Gasteiger partial charge in [-0.3, -0.25) is 0 Å². The Bertz CT molecular complexity index is 1330. The van der Waals surface area contributed by atoms with E-state index in [4.69, 9.17) is 4.74 Å². The van der Waals surface area contributed by atoms with Crippen LogP contribution in [0.5, 0.6) is 0 Å². The first-order valence-corrected chi connectivity index (χ1v) is 14.8. The van der Waals surface area contributed by atoms with Gasteiger partial charge in [-0.1, -0.05) is 49.9 Å². The lowest BCUT2D eigenvalue weighted by Crippen LogP contribution is -2.35. The van der Waals surface area contributed by atoms with Crippen LogP contribution >= 0.6 is 0 Å². The number of nitrogens with zero attached hydrogens (tertiary/aromatic N) is 1. The highest BCUT2D eigenvalue weighted by atomic mass is 19.4. The molecule has 2 saturated heterocycles. The van der Waals surface area contributed by atoms with Crippen molar-refractivity contribution in [1.82, 2.24) is 10.2 Å². The third kappa shape index (κ3) is 7.61. The van der Waals surface area contributed by atoms with Gasteiger partial charge in [0.05, 0.1) is 11.1 Å². The monoisotopic (exact) mass is 624 g/mol. The first-order chi connectivity index (χ1) is 20.1. The Balaban J connectivity index is 0.000000206. The second-order valence-corrected chi connectivity index (χ2v) is 13.2. The first-order valence-electron chi connectivity index (χ1n) is 14.8. The second kappa shape index (κ2) is 12.8. The zero-order valence-electron chi connectivity index (χ0n) is 24.6. The van der Waals surface area contributed by atoms with Crippen LogP contribution in [0.4, 0.5) is 31.1 Å². The Hall–Kier alpha value is -3.01. The fourth-order valence-electron chi connectivity index (χ4n) is 7.13. The molecule has 0 bridgehead atoms. The number of likely N-dealkylation sites (tertiary alicyclic amines) is 1. The maximum absolute atomic E-state index is 13.2. The lowest BCUT2D eigenvalue weighted by Gasteiger charge is -2.24. The van der Waals surface area contributed by atoms with Crippen LogP contribution in [-0.4, -0.2) is 42.8 Å². The van der Waals surface area contributed by atoms with Crippen molar-refractivity contribution >= 4 is 11.7 Å². The van der Waals surface area contributed by atoms with E-state index in [0.29, 0.717) is 36.9 Å². The van der Waals surface area contributed by atoms with Crippen LogP contribution in [-0.2, 0) is 17.1 Å². The summed E-state index contributed by atoms with van der Waals surface area (Å²) >= 11 is 0. The maximum atomic E-state index is 13.2. The number of ether oxygens (including phenoxy) is 1. The Kier molecular flexibility index (Phi) is 9.83. The molecule has 1 unspecified atom stereocenters. The number of benzene rings is 2. The fourth-order valence-corrected chi connectivity index (χ4v) is 7.13. The molecule has 242 valence electrons. The fraction of sp³-hybridized carbons (Fsp3) is 0.559. The lowest BCUT2D eigenvalue weighted by atomic mass is 9.91. The highest BCUT2D eigenvalue weighted by Gasteiger charge is 2.43. The number of nitrogens with one attached hydrogen (secondary N) is 1. The first kappa shape index (κ1) is 33.9. The van der Waals surface area contributed by atoms with Crippen LogP contribution in [0.15, 0.2) is 54.6 Å². The summed E-state index contributed by atoms with van der Waals surface area (Å²) < 4.78 is 84.0. The molecule has 2 aliphatic carbocycles. The van der Waals surface area contributed by atoms with Crippen molar-refractivity contribution in [3.63, 3.8) is 0 Å². The summed E-state index contributed by atoms with van der Waals surface area (Å²) in [4.78, 5) is 13.8. The van der Waals surface area contributed by atoms with Crippen LogP contribution in [0.1, 0.15) is 75.6 Å². The number of halogens is 6. The molecule has 4 nitrogen and oxygen atoms in total. The zero-order chi connectivity index (χ0) is 31.2. The summed E-state index contributed by atoms with van der Waals surface area (Å²) in [6.45, 7) is 8.39. The number of amides is 1. The van der Waals surface area contributed by atoms with E-state index in [0.717, 1.165) is 37.6 Å². The summed E-state index contributed by atoms with van der Waals surface area (Å²) in [7, 11) is 0. The summed E-state index contributed by atoms with van der Waals surface area (Å²) in [5, 5.41) is 3.32. The van der Waals surface area contributed by atoms with Gasteiger partial charge in [-0.25, -0.2) is 4.79 Å². The highest BCUT2D eigenvalue weighted by molar-refractivity contribution is 5.73. The average Bonchev–Trinajstić information content (AvgIpc) is 3.67. The van der Waals surface area contributed by atoms with E-state index in [1.165, 1.54) is 24.3 Å². The van der Waals surface area contributed by atoms with Gasteiger partial charge in [0.25, 0.3) is 0 Å². The van der Waals surface area contributed by atoms with Gasteiger partial charge in [0.15, 0.2) is 0 Å². The standard InChI is InChI=1S/C19H22F3NO2.C14H16F3N.CH4/c1-18(2,3)25-17(24)23-10-13-8-12(9-14(13)11-23)15-6-4-5-7-16(15)19(20,21)22;15-14(16,17)13-4-2-1-3-12(13)9-5-10-7-18-8-11(10)6-9;/h4-8,13-14H,9-11H2,1-3H3;1-4,9-11,18H,5-8H2;1H4/t13-,14+;9?,10-,11+;/m0../s1. The minimum Gasteiger partial charge on any atom is -0.444 e. The Morgan fingerprint density at radius 2 is 1.39 bits per heavy atom. The molecule has 1 N–H and O–H groups in total. The molecular weight excluding hydrogens is 582 g/mol. The molecule has 2 aromatic carbocycles. The van der Waals surface area contributed by atoms with E-state index >= 15 is 0 Å². The quantitative estimate of drug-likeness (QED) is 0.339. The molecule has 0 spiro atoms. The molecule has 3 fully saturated rings. The lowest BCUT2D eigenvalue weighted by molar-refractivity contribution is -0.139. The van der Waals surface area contributed by atoms with Gasteiger partial charge in [0.2, 0.25) is 0 Å². The molecule has 44 heavy (non-hydrogen) atoms. The Morgan fingerprint density at radius 1 is 0.818 bits per heavy atom. The SMILES string of the molecule is C.CC(C)(C)OC(=O)N1C[C@H]2CC(c3ccccc3C(F)(F)F)=C[C@H]2C1.FC(F)(F)c1ccccc1C1C[C@H]2CNC[C@H]2C1. The predicted octanol–water partition coefficient (Wildman–Crippen LogP) is 9.03. The van der Waals surface area contributed by atoms with E-state index in [-0.39, 0.29) is 36.8 Å². The van der Waals surface area contributed by atoms with E-state index in [9.17, 15) is 31.1 Å². The van der Waals surface area contributed by atoms with Gasteiger partial charge in [0.1, 0.15) is 5.60 Å². The second-order valence-electron chi connectivity index (χ2n) is 13.2. The van der Waals surface area contributed by atoms with Crippen LogP contribution in [0.2, 0.25) is 0 Å². The molecule has 1 saturated carbocycles. The Morgan fingerprint density at radius 3 is 1.95 bits per heavy atom. The van der Waals surface area contributed by atoms with E-state index in [1.54, 1.807) is 23.1 Å². The van der Waals surface area contributed by atoms with Gasteiger partial charge in [-0.05, 0) is 112 Å². The van der Waals surface area contributed by atoms with Gasteiger partial charge in [0, 0.05) is 13.1 Å². The van der Waals surface area contributed by atoms with Crippen molar-refractivity contribution < 1.29 is 35.9 Å². The number of allylic oxidation sites excluding steroid dienone is 1. The molecular formula is C34H42F6N2O2. The number of carbonyl (C=O) groups excluding carboxylic acids is 1. The molecule has 2 aromatic rings. The molecule has 4 aliphatic rings. The highest BCUT2D eigenvalue weighted by Crippen LogP contribution is 2.47. The number of fused-ring (bicyclic) bond motifs is 2. The number of carbonyl (C=O) groups is 1. The molecule has 5 atom stereocenters. The molecule has 0 aromatic heterocycles. The number of hydrogen-bond donors (Lipinski definition) is 1. The Labute approximate surface area is 255 Å². The molecule has 2 aliphatic heterocycles. The number of rotatable bonds is 2. The van der Waals surface area contributed by atoms with Crippen molar-refractivity contribution in [1.29, 1.82) is 0 Å². The largest absolute Gasteiger partial charge is 0.444 e.